The lowest BCUT2D eigenvalue weighted by Crippen LogP contribution is -2.31. The predicted molar refractivity (Wildman–Crippen MR) is 76.6 cm³/mol. The molecule has 1 aromatic heterocycles. The Hall–Kier alpha value is -1.32. The third-order valence-electron chi connectivity index (χ3n) is 4.90. The summed E-state index contributed by atoms with van der Waals surface area (Å²) < 4.78 is 4.98. The van der Waals surface area contributed by atoms with Gasteiger partial charge in [-0.15, -0.1) is 0 Å². The highest BCUT2D eigenvalue weighted by molar-refractivity contribution is 5.95. The molecule has 110 valence electrons. The van der Waals surface area contributed by atoms with E-state index in [-0.39, 0.29) is 5.91 Å². The van der Waals surface area contributed by atoms with Crippen molar-refractivity contribution in [1.29, 1.82) is 0 Å². The molecule has 0 saturated heterocycles. The Kier molecular flexibility index (Phi) is 4.08. The molecule has 0 aromatic carbocycles. The van der Waals surface area contributed by atoms with Crippen molar-refractivity contribution in [3.05, 3.63) is 17.5 Å². The van der Waals surface area contributed by atoms with Gasteiger partial charge in [0.25, 0.3) is 5.91 Å². The van der Waals surface area contributed by atoms with Gasteiger partial charge in [0.2, 0.25) is 0 Å². The molecule has 20 heavy (non-hydrogen) atoms. The summed E-state index contributed by atoms with van der Waals surface area (Å²) in [7, 11) is 0. The minimum atomic E-state index is -0.00855. The highest BCUT2D eigenvalue weighted by Gasteiger charge is 2.31. The van der Waals surface area contributed by atoms with E-state index in [2.05, 4.69) is 17.4 Å². The highest BCUT2D eigenvalue weighted by Crippen LogP contribution is 2.40. The van der Waals surface area contributed by atoms with Crippen molar-refractivity contribution >= 4 is 5.91 Å². The molecular formula is C16H24N2O2. The van der Waals surface area contributed by atoms with Crippen molar-refractivity contribution in [3.63, 3.8) is 0 Å². The highest BCUT2D eigenvalue weighted by atomic mass is 16.5. The number of nitrogens with one attached hydrogen (secondary N) is 1. The number of hydrogen-bond donors (Lipinski definition) is 1. The topological polar surface area (TPSA) is 55.1 Å². The number of nitrogens with zero attached hydrogens (tertiary/aromatic N) is 1. The van der Waals surface area contributed by atoms with Gasteiger partial charge in [-0.25, -0.2) is 0 Å². The second-order valence-corrected chi connectivity index (χ2v) is 6.39. The van der Waals surface area contributed by atoms with Crippen LogP contribution in [0.25, 0.3) is 0 Å². The molecule has 0 atom stereocenters. The van der Waals surface area contributed by atoms with E-state index in [9.17, 15) is 4.79 Å². The van der Waals surface area contributed by atoms with Crippen LogP contribution in [0.4, 0.5) is 0 Å². The minimum absolute atomic E-state index is 0.00855. The van der Waals surface area contributed by atoms with Gasteiger partial charge in [-0.1, -0.05) is 31.3 Å². The van der Waals surface area contributed by atoms with Gasteiger partial charge in [-0.2, -0.15) is 0 Å². The van der Waals surface area contributed by atoms with E-state index in [1.807, 2.05) is 0 Å². The summed E-state index contributed by atoms with van der Waals surface area (Å²) in [6, 6.07) is 0. The second-order valence-electron chi connectivity index (χ2n) is 6.39. The van der Waals surface area contributed by atoms with Crippen molar-refractivity contribution in [1.82, 2.24) is 10.5 Å². The van der Waals surface area contributed by atoms with Crippen LogP contribution in [0.3, 0.4) is 0 Å². The van der Waals surface area contributed by atoms with Crippen LogP contribution in [-0.4, -0.2) is 17.6 Å². The third-order valence-corrected chi connectivity index (χ3v) is 4.90. The molecule has 1 N–H and O–H groups in total. The summed E-state index contributed by atoms with van der Waals surface area (Å²) in [5.41, 5.74) is 1.51. The van der Waals surface area contributed by atoms with Gasteiger partial charge in [0.15, 0.2) is 0 Å². The van der Waals surface area contributed by atoms with Crippen LogP contribution >= 0.6 is 0 Å². The van der Waals surface area contributed by atoms with Gasteiger partial charge >= 0.3 is 0 Å². The van der Waals surface area contributed by atoms with Gasteiger partial charge in [0.1, 0.15) is 11.8 Å². The van der Waals surface area contributed by atoms with E-state index in [0.29, 0.717) is 17.4 Å². The molecule has 4 nitrogen and oxygen atoms in total. The molecule has 2 saturated carbocycles. The quantitative estimate of drug-likeness (QED) is 0.895. The zero-order valence-corrected chi connectivity index (χ0v) is 12.2. The number of carbonyl (C=O) groups excluding carboxylic acids is 1. The summed E-state index contributed by atoms with van der Waals surface area (Å²) in [5.74, 6) is 1.99. The lowest BCUT2D eigenvalue weighted by Gasteiger charge is -2.27. The molecule has 0 aliphatic heterocycles. The van der Waals surface area contributed by atoms with Crippen molar-refractivity contribution in [3.8, 4) is 0 Å². The van der Waals surface area contributed by atoms with E-state index in [1.54, 1.807) is 0 Å². The number of amides is 1. The van der Waals surface area contributed by atoms with Crippen LogP contribution in [0, 0.1) is 11.8 Å². The van der Waals surface area contributed by atoms with Crippen molar-refractivity contribution < 1.29 is 9.32 Å². The normalized spacial score (nSPS) is 26.4. The Morgan fingerprint density at radius 3 is 2.60 bits per heavy atom. The average Bonchev–Trinajstić information content (AvgIpc) is 3.22. The van der Waals surface area contributed by atoms with Crippen molar-refractivity contribution in [2.45, 2.75) is 57.8 Å². The first kappa shape index (κ1) is 13.7. The van der Waals surface area contributed by atoms with Crippen LogP contribution in [0.5, 0.6) is 0 Å². The summed E-state index contributed by atoms with van der Waals surface area (Å²) >= 11 is 0. The molecule has 2 aliphatic rings. The SMILES string of the molecule is CCC1CCC(CNC(=O)c2conc2C2CC2)CC1. The third kappa shape index (κ3) is 3.05. The van der Waals surface area contributed by atoms with E-state index in [0.717, 1.165) is 31.0 Å². The summed E-state index contributed by atoms with van der Waals surface area (Å²) in [6.45, 7) is 3.07. The number of carbonyl (C=O) groups is 1. The maximum atomic E-state index is 12.2. The largest absolute Gasteiger partial charge is 0.364 e. The summed E-state index contributed by atoms with van der Waals surface area (Å²) in [4.78, 5) is 12.2. The van der Waals surface area contributed by atoms with E-state index in [1.165, 1.54) is 38.4 Å². The van der Waals surface area contributed by atoms with E-state index in [4.69, 9.17) is 4.52 Å². The fourth-order valence-corrected chi connectivity index (χ4v) is 3.24. The molecule has 2 fully saturated rings. The lowest BCUT2D eigenvalue weighted by molar-refractivity contribution is 0.0939. The number of aromatic nitrogens is 1. The molecular weight excluding hydrogens is 252 g/mol. The summed E-state index contributed by atoms with van der Waals surface area (Å²) in [6.07, 6.45) is 10.2. The molecule has 0 spiro atoms. The standard InChI is InChI=1S/C16H24N2O2/c1-2-11-3-5-12(6-4-11)9-17-16(19)14-10-20-18-15(14)13-7-8-13/h10-13H,2-9H2,1H3,(H,17,19). The fraction of sp³-hybridized carbons (Fsp3) is 0.750. The average molecular weight is 276 g/mol. The molecule has 0 radical (unpaired) electrons. The number of rotatable bonds is 5. The van der Waals surface area contributed by atoms with Crippen molar-refractivity contribution in [2.75, 3.05) is 6.54 Å². The summed E-state index contributed by atoms with van der Waals surface area (Å²) in [5, 5.41) is 7.05. The van der Waals surface area contributed by atoms with Gasteiger partial charge in [0.05, 0.1) is 5.69 Å². The molecule has 0 bridgehead atoms. The van der Waals surface area contributed by atoms with Gasteiger partial charge in [-0.3, -0.25) is 4.79 Å². The first-order valence-electron chi connectivity index (χ1n) is 8.00. The van der Waals surface area contributed by atoms with Crippen LogP contribution in [0.1, 0.15) is 73.8 Å². The van der Waals surface area contributed by atoms with Gasteiger partial charge in [-0.05, 0) is 37.5 Å². The molecule has 1 aromatic rings. The predicted octanol–water partition coefficient (Wildman–Crippen LogP) is 3.50. The van der Waals surface area contributed by atoms with Gasteiger partial charge < -0.3 is 9.84 Å². The van der Waals surface area contributed by atoms with E-state index >= 15 is 0 Å². The maximum Gasteiger partial charge on any atom is 0.256 e. The molecule has 4 heteroatoms. The molecule has 3 rings (SSSR count). The van der Waals surface area contributed by atoms with Crippen LogP contribution in [-0.2, 0) is 0 Å². The smallest absolute Gasteiger partial charge is 0.256 e. The monoisotopic (exact) mass is 276 g/mol. The first-order chi connectivity index (χ1) is 9.78. The van der Waals surface area contributed by atoms with Crippen LogP contribution in [0.15, 0.2) is 10.8 Å². The molecule has 0 unspecified atom stereocenters. The zero-order valence-electron chi connectivity index (χ0n) is 12.2. The molecule has 1 heterocycles. The Labute approximate surface area is 120 Å². The van der Waals surface area contributed by atoms with Crippen LogP contribution in [0.2, 0.25) is 0 Å². The first-order valence-corrected chi connectivity index (χ1v) is 8.00. The fourth-order valence-electron chi connectivity index (χ4n) is 3.24. The Morgan fingerprint density at radius 2 is 1.95 bits per heavy atom. The Morgan fingerprint density at radius 1 is 1.25 bits per heavy atom. The number of hydrogen-bond acceptors (Lipinski definition) is 3. The lowest BCUT2D eigenvalue weighted by atomic mass is 9.81. The Balaban J connectivity index is 1.48. The van der Waals surface area contributed by atoms with Crippen LogP contribution < -0.4 is 5.32 Å². The van der Waals surface area contributed by atoms with Gasteiger partial charge in [0, 0.05) is 12.5 Å². The molecule has 2 aliphatic carbocycles. The maximum absolute atomic E-state index is 12.2. The van der Waals surface area contributed by atoms with E-state index < -0.39 is 0 Å². The second kappa shape index (κ2) is 5.98. The zero-order chi connectivity index (χ0) is 13.9. The van der Waals surface area contributed by atoms with Crippen molar-refractivity contribution in [2.24, 2.45) is 11.8 Å². The molecule has 1 amide bonds. The minimum Gasteiger partial charge on any atom is -0.364 e. The Bertz CT molecular complexity index is 457.